The van der Waals surface area contributed by atoms with E-state index in [1.807, 2.05) is 6.92 Å². The maximum Gasteiger partial charge on any atom is 0.455 e. The van der Waals surface area contributed by atoms with E-state index in [1.165, 1.54) is 30.5 Å². The fourth-order valence-electron chi connectivity index (χ4n) is 3.99. The molecule has 4 aromatic rings. The molecule has 1 unspecified atom stereocenters. The van der Waals surface area contributed by atoms with Crippen LogP contribution >= 0.6 is 34.8 Å². The number of halogens is 6. The second-order valence-electron chi connectivity index (χ2n) is 9.25. The SMILES string of the molecule is CC(NC(=O)c1cc(Cl)cc(Cl)c1NC(=O)c1cc(Cn2nnc(C(F)(F)F)n2)nn1-c1ncccc1Cl)C1CC1. The van der Waals surface area contributed by atoms with Crippen molar-refractivity contribution in [3.63, 3.8) is 0 Å². The third-order valence-corrected chi connectivity index (χ3v) is 6.98. The summed E-state index contributed by atoms with van der Waals surface area (Å²) in [4.78, 5) is 31.6. The van der Waals surface area contributed by atoms with Crippen LogP contribution in [-0.2, 0) is 12.7 Å². The number of carbonyl (C=O) groups is 2. The number of pyridine rings is 1. The predicted molar refractivity (Wildman–Crippen MR) is 142 cm³/mol. The lowest BCUT2D eigenvalue weighted by Gasteiger charge is -2.17. The first kappa shape index (κ1) is 28.8. The molecule has 0 saturated heterocycles. The van der Waals surface area contributed by atoms with Gasteiger partial charge in [0.25, 0.3) is 17.6 Å². The van der Waals surface area contributed by atoms with Crippen molar-refractivity contribution in [2.45, 2.75) is 38.5 Å². The van der Waals surface area contributed by atoms with Crippen molar-refractivity contribution in [3.05, 3.63) is 74.4 Å². The molecule has 17 heteroatoms. The normalized spacial score (nSPS) is 14.1. The van der Waals surface area contributed by atoms with E-state index in [1.54, 1.807) is 6.07 Å². The van der Waals surface area contributed by atoms with Gasteiger partial charge >= 0.3 is 6.18 Å². The maximum absolute atomic E-state index is 13.6. The molecule has 2 N–H and O–H groups in total. The minimum atomic E-state index is -4.79. The predicted octanol–water partition coefficient (Wildman–Crippen LogP) is 5.06. The molecular weight excluding hydrogens is 610 g/mol. The van der Waals surface area contributed by atoms with E-state index in [0.29, 0.717) is 10.7 Å². The molecule has 41 heavy (non-hydrogen) atoms. The molecule has 3 heterocycles. The van der Waals surface area contributed by atoms with Crippen LogP contribution in [0.4, 0.5) is 18.9 Å². The molecule has 214 valence electrons. The van der Waals surface area contributed by atoms with E-state index in [4.69, 9.17) is 34.8 Å². The smallest absolute Gasteiger partial charge is 0.349 e. The Morgan fingerprint density at radius 1 is 1.10 bits per heavy atom. The maximum atomic E-state index is 13.6. The minimum Gasteiger partial charge on any atom is -0.349 e. The molecule has 1 aliphatic carbocycles. The van der Waals surface area contributed by atoms with Gasteiger partial charge in [-0.2, -0.15) is 23.1 Å². The summed E-state index contributed by atoms with van der Waals surface area (Å²) in [5.74, 6) is -2.26. The lowest BCUT2D eigenvalue weighted by molar-refractivity contribution is -0.145. The van der Waals surface area contributed by atoms with E-state index in [0.717, 1.165) is 17.5 Å². The van der Waals surface area contributed by atoms with Crippen LogP contribution in [-0.4, -0.2) is 52.8 Å². The number of alkyl halides is 3. The van der Waals surface area contributed by atoms with E-state index >= 15 is 0 Å². The number of benzene rings is 1. The highest BCUT2D eigenvalue weighted by Gasteiger charge is 2.37. The van der Waals surface area contributed by atoms with Crippen molar-refractivity contribution < 1.29 is 22.8 Å². The summed E-state index contributed by atoms with van der Waals surface area (Å²) in [6.45, 7) is 1.52. The Kier molecular flexibility index (Phi) is 7.90. The number of nitrogens with zero attached hydrogens (tertiary/aromatic N) is 7. The zero-order valence-corrected chi connectivity index (χ0v) is 23.2. The van der Waals surface area contributed by atoms with E-state index in [-0.39, 0.29) is 56.1 Å². The van der Waals surface area contributed by atoms with Gasteiger partial charge in [0.1, 0.15) is 12.2 Å². The second-order valence-corrected chi connectivity index (χ2v) is 10.5. The van der Waals surface area contributed by atoms with Crippen molar-refractivity contribution in [2.24, 2.45) is 5.92 Å². The summed E-state index contributed by atoms with van der Waals surface area (Å²) < 4.78 is 39.9. The Labute approximate surface area is 245 Å². The fraction of sp³-hybridized carbons (Fsp3) is 0.292. The molecule has 0 radical (unpaired) electrons. The molecule has 3 aromatic heterocycles. The zero-order chi connectivity index (χ0) is 29.5. The van der Waals surface area contributed by atoms with E-state index in [2.05, 4.69) is 36.1 Å². The zero-order valence-electron chi connectivity index (χ0n) is 21.0. The quantitative estimate of drug-likeness (QED) is 0.279. The number of hydrogen-bond acceptors (Lipinski definition) is 7. The average Bonchev–Trinajstić information content (AvgIpc) is 3.51. The van der Waals surface area contributed by atoms with Gasteiger partial charge in [-0.05, 0) is 61.2 Å². The van der Waals surface area contributed by atoms with Crippen molar-refractivity contribution in [1.82, 2.24) is 40.3 Å². The lowest BCUT2D eigenvalue weighted by Crippen LogP contribution is -2.34. The van der Waals surface area contributed by atoms with Crippen LogP contribution < -0.4 is 10.6 Å². The monoisotopic (exact) mass is 627 g/mol. The molecule has 0 spiro atoms. The highest BCUT2D eigenvalue weighted by molar-refractivity contribution is 6.38. The van der Waals surface area contributed by atoms with Gasteiger partial charge < -0.3 is 10.6 Å². The molecular formula is C24H19Cl3F3N9O2. The fourth-order valence-corrected chi connectivity index (χ4v) is 4.73. The van der Waals surface area contributed by atoms with Crippen LogP contribution in [0.3, 0.4) is 0 Å². The van der Waals surface area contributed by atoms with Crippen LogP contribution in [0.1, 0.15) is 52.1 Å². The van der Waals surface area contributed by atoms with E-state index < -0.39 is 23.8 Å². The summed E-state index contributed by atoms with van der Waals surface area (Å²) in [7, 11) is 0. The molecule has 0 bridgehead atoms. The number of aromatic nitrogens is 7. The van der Waals surface area contributed by atoms with Crippen molar-refractivity contribution in [2.75, 3.05) is 5.32 Å². The number of amides is 2. The Hall–Kier alpha value is -3.75. The number of hydrogen-bond donors (Lipinski definition) is 2. The van der Waals surface area contributed by atoms with Crippen molar-refractivity contribution in [1.29, 1.82) is 0 Å². The van der Waals surface area contributed by atoms with Gasteiger partial charge in [0.2, 0.25) is 0 Å². The highest BCUT2D eigenvalue weighted by atomic mass is 35.5. The molecule has 0 aliphatic heterocycles. The van der Waals surface area contributed by atoms with Crippen LogP contribution in [0, 0.1) is 5.92 Å². The number of tetrazole rings is 1. The summed E-state index contributed by atoms with van der Waals surface area (Å²) in [5, 5.41) is 19.9. The summed E-state index contributed by atoms with van der Waals surface area (Å²) >= 11 is 18.9. The third kappa shape index (κ3) is 6.44. The van der Waals surface area contributed by atoms with Gasteiger partial charge in [-0.1, -0.05) is 34.8 Å². The van der Waals surface area contributed by atoms with Gasteiger partial charge in [0, 0.05) is 17.3 Å². The largest absolute Gasteiger partial charge is 0.455 e. The summed E-state index contributed by atoms with van der Waals surface area (Å²) in [6, 6.07) is 7.02. The first-order valence-corrected chi connectivity index (χ1v) is 13.2. The average molecular weight is 629 g/mol. The number of nitrogens with one attached hydrogen (secondary N) is 2. The number of carbonyl (C=O) groups excluding carboxylic acids is 2. The molecule has 1 atom stereocenters. The molecule has 2 amide bonds. The Morgan fingerprint density at radius 3 is 2.51 bits per heavy atom. The molecule has 1 aromatic carbocycles. The van der Waals surface area contributed by atoms with E-state index in [9.17, 15) is 22.8 Å². The first-order valence-electron chi connectivity index (χ1n) is 12.1. The minimum absolute atomic E-state index is 0.00345. The molecule has 1 aliphatic rings. The Bertz CT molecular complexity index is 1640. The topological polar surface area (TPSA) is 133 Å². The van der Waals surface area contributed by atoms with Gasteiger partial charge in [0.05, 0.1) is 27.0 Å². The molecule has 11 nitrogen and oxygen atoms in total. The third-order valence-electron chi connectivity index (χ3n) is 6.17. The molecule has 5 rings (SSSR count). The first-order chi connectivity index (χ1) is 19.4. The molecule has 1 saturated carbocycles. The standard InChI is InChI=1S/C24H19Cl3F3N9O2/c1-11(12-4-5-12)32-21(40)15-7-13(25)8-17(27)19(15)33-22(41)18-9-14(10-38-36-23(34-37-38)24(28,29)30)35-39(18)20-16(26)3-2-6-31-20/h2-3,6-9,11-12H,4-5,10H2,1H3,(H,32,40)(H,33,41). The number of anilines is 1. The van der Waals surface area contributed by atoms with Gasteiger partial charge in [-0.15, -0.1) is 10.2 Å². The Balaban J connectivity index is 1.49. The molecule has 1 fully saturated rings. The van der Waals surface area contributed by atoms with Crippen LogP contribution in [0.25, 0.3) is 5.82 Å². The van der Waals surface area contributed by atoms with Crippen LogP contribution in [0.5, 0.6) is 0 Å². The van der Waals surface area contributed by atoms with Crippen LogP contribution in [0.15, 0.2) is 36.5 Å². The summed E-state index contributed by atoms with van der Waals surface area (Å²) in [5.41, 5.74) is -0.00495. The van der Waals surface area contributed by atoms with Crippen LogP contribution in [0.2, 0.25) is 15.1 Å². The summed E-state index contributed by atoms with van der Waals surface area (Å²) in [6.07, 6.45) is -1.36. The lowest BCUT2D eigenvalue weighted by atomic mass is 10.1. The van der Waals surface area contributed by atoms with Crippen molar-refractivity contribution >= 4 is 52.3 Å². The number of rotatable bonds is 8. The Morgan fingerprint density at radius 2 is 1.85 bits per heavy atom. The highest BCUT2D eigenvalue weighted by Crippen LogP contribution is 2.34. The second kappa shape index (κ2) is 11.3. The van der Waals surface area contributed by atoms with Gasteiger partial charge in [0.15, 0.2) is 5.82 Å². The van der Waals surface area contributed by atoms with Crippen molar-refractivity contribution in [3.8, 4) is 5.82 Å². The van der Waals surface area contributed by atoms with Gasteiger partial charge in [-0.3, -0.25) is 9.59 Å². The van der Waals surface area contributed by atoms with Gasteiger partial charge in [-0.25, -0.2) is 9.67 Å².